The van der Waals surface area contributed by atoms with Gasteiger partial charge in [0.05, 0.1) is 20.8 Å². The van der Waals surface area contributed by atoms with Crippen molar-refractivity contribution < 1.29 is 13.2 Å². The SMILES string of the molecule is O=C(Nc1sc2c(c1-c1nc3ccccc3s1)CCNC2)c1ccc(S(=O)(=O)N2CCCc3ccccc32)cc1. The number of aryl methyl sites for hydroxylation is 1. The number of carbonyl (C=O) groups excluding carboxylic acids is 1. The number of amides is 1. The molecule has 2 aliphatic heterocycles. The van der Waals surface area contributed by atoms with E-state index in [1.807, 2.05) is 42.5 Å². The molecular weight excluding hydrogens is 561 g/mol. The molecule has 202 valence electrons. The third-order valence-corrected chi connectivity index (χ3v) is 11.5. The molecule has 1 amide bonds. The Kier molecular flexibility index (Phi) is 6.42. The standard InChI is InChI=1S/C30H26N4O3S3/c35-28(20-11-13-21(14-12-20)40(36,37)34-17-5-7-19-6-1-3-9-24(19)34)33-30-27(22-15-16-31-18-26(22)39-30)29-32-23-8-2-4-10-25(23)38-29/h1-4,6,8-14,31H,5,7,15-18H2,(H,33,35). The number of hydrogen-bond acceptors (Lipinski definition) is 7. The molecular formula is C30H26N4O3S3. The zero-order chi connectivity index (χ0) is 27.3. The first-order valence-electron chi connectivity index (χ1n) is 13.2. The molecule has 0 saturated heterocycles. The molecule has 2 N–H and O–H groups in total. The Bertz CT molecular complexity index is 1830. The monoisotopic (exact) mass is 586 g/mol. The second-order valence-corrected chi connectivity index (χ2v) is 13.9. The van der Waals surface area contributed by atoms with E-state index in [2.05, 4.69) is 16.7 Å². The maximum atomic E-state index is 13.5. The third kappa shape index (κ3) is 4.41. The second-order valence-electron chi connectivity index (χ2n) is 9.91. The number of aromatic nitrogens is 1. The number of sulfonamides is 1. The van der Waals surface area contributed by atoms with Gasteiger partial charge in [0.25, 0.3) is 15.9 Å². The quantitative estimate of drug-likeness (QED) is 0.261. The van der Waals surface area contributed by atoms with E-state index in [0.29, 0.717) is 12.1 Å². The summed E-state index contributed by atoms with van der Waals surface area (Å²) in [4.78, 5) is 19.7. The Morgan fingerprint density at radius 1 is 0.950 bits per heavy atom. The lowest BCUT2D eigenvalue weighted by molar-refractivity contribution is 0.102. The van der Waals surface area contributed by atoms with Crippen molar-refractivity contribution in [3.8, 4) is 10.6 Å². The van der Waals surface area contributed by atoms with Crippen LogP contribution in [0, 0.1) is 0 Å². The topological polar surface area (TPSA) is 91.4 Å². The van der Waals surface area contributed by atoms with Gasteiger partial charge < -0.3 is 10.6 Å². The lowest BCUT2D eigenvalue weighted by Gasteiger charge is -2.30. The Balaban J connectivity index is 1.18. The highest BCUT2D eigenvalue weighted by Gasteiger charge is 2.29. The highest BCUT2D eigenvalue weighted by molar-refractivity contribution is 7.92. The van der Waals surface area contributed by atoms with E-state index in [-0.39, 0.29) is 10.8 Å². The van der Waals surface area contributed by atoms with E-state index < -0.39 is 10.0 Å². The number of para-hydroxylation sites is 2. The molecule has 7 rings (SSSR count). The summed E-state index contributed by atoms with van der Waals surface area (Å²) in [6.45, 7) is 2.08. The Hall–Kier alpha value is -3.57. The van der Waals surface area contributed by atoms with Crippen LogP contribution in [0.4, 0.5) is 10.7 Å². The van der Waals surface area contributed by atoms with Crippen molar-refractivity contribution in [2.45, 2.75) is 30.7 Å². The van der Waals surface area contributed by atoms with E-state index in [0.717, 1.165) is 69.4 Å². The molecule has 0 atom stereocenters. The molecule has 0 radical (unpaired) electrons. The largest absolute Gasteiger partial charge is 0.313 e. The van der Waals surface area contributed by atoms with Crippen LogP contribution in [0.1, 0.15) is 32.8 Å². The molecule has 4 heterocycles. The van der Waals surface area contributed by atoms with E-state index in [9.17, 15) is 13.2 Å². The van der Waals surface area contributed by atoms with Crippen molar-refractivity contribution in [3.63, 3.8) is 0 Å². The summed E-state index contributed by atoms with van der Waals surface area (Å²) in [5.41, 5.74) is 5.35. The summed E-state index contributed by atoms with van der Waals surface area (Å²) in [5.74, 6) is -0.277. The van der Waals surface area contributed by atoms with Crippen LogP contribution in [-0.2, 0) is 29.4 Å². The Morgan fingerprint density at radius 3 is 2.60 bits per heavy atom. The van der Waals surface area contributed by atoms with Crippen LogP contribution < -0.4 is 14.9 Å². The van der Waals surface area contributed by atoms with Crippen molar-refractivity contribution >= 4 is 59.5 Å². The van der Waals surface area contributed by atoms with Gasteiger partial charge in [0.2, 0.25) is 0 Å². The Morgan fingerprint density at radius 2 is 1.75 bits per heavy atom. The van der Waals surface area contributed by atoms with Gasteiger partial charge in [-0.1, -0.05) is 30.3 Å². The number of carbonyl (C=O) groups is 1. The summed E-state index contributed by atoms with van der Waals surface area (Å²) in [6, 6.07) is 21.9. The van der Waals surface area contributed by atoms with Gasteiger partial charge in [-0.2, -0.15) is 0 Å². The lowest BCUT2D eigenvalue weighted by Crippen LogP contribution is -2.35. The molecule has 0 fully saturated rings. The van der Waals surface area contributed by atoms with Gasteiger partial charge in [0.15, 0.2) is 0 Å². The number of nitrogens with zero attached hydrogens (tertiary/aromatic N) is 2. The smallest absolute Gasteiger partial charge is 0.264 e. The zero-order valence-corrected chi connectivity index (χ0v) is 24.0. The third-order valence-electron chi connectivity index (χ3n) is 7.43. The van der Waals surface area contributed by atoms with E-state index in [1.165, 1.54) is 26.9 Å². The Labute approximate surface area is 240 Å². The normalized spacial score (nSPS) is 15.1. The fraction of sp³-hybridized carbons (Fsp3) is 0.200. The number of hydrogen-bond donors (Lipinski definition) is 2. The zero-order valence-electron chi connectivity index (χ0n) is 21.5. The van der Waals surface area contributed by atoms with Crippen molar-refractivity contribution in [2.75, 3.05) is 22.7 Å². The average molecular weight is 587 g/mol. The van der Waals surface area contributed by atoms with Crippen molar-refractivity contribution in [1.82, 2.24) is 10.3 Å². The average Bonchev–Trinajstić information content (AvgIpc) is 3.57. The number of anilines is 2. The predicted octanol–water partition coefficient (Wildman–Crippen LogP) is 6.06. The van der Waals surface area contributed by atoms with Crippen LogP contribution in [0.3, 0.4) is 0 Å². The summed E-state index contributed by atoms with van der Waals surface area (Å²) >= 11 is 3.21. The van der Waals surface area contributed by atoms with Gasteiger partial charge in [-0.15, -0.1) is 22.7 Å². The number of nitrogens with one attached hydrogen (secondary N) is 2. The number of benzene rings is 3. The van der Waals surface area contributed by atoms with Gasteiger partial charge in [-0.3, -0.25) is 9.10 Å². The maximum absolute atomic E-state index is 13.5. The highest BCUT2D eigenvalue weighted by atomic mass is 32.2. The first kappa shape index (κ1) is 25.4. The number of thiophene rings is 1. The van der Waals surface area contributed by atoms with Gasteiger partial charge in [-0.05, 0) is 79.4 Å². The molecule has 7 nitrogen and oxygen atoms in total. The van der Waals surface area contributed by atoms with E-state index >= 15 is 0 Å². The summed E-state index contributed by atoms with van der Waals surface area (Å²) < 4.78 is 29.6. The second kappa shape index (κ2) is 10.1. The molecule has 2 aliphatic rings. The molecule has 40 heavy (non-hydrogen) atoms. The van der Waals surface area contributed by atoms with Crippen LogP contribution in [0.2, 0.25) is 0 Å². The number of thiazole rings is 1. The fourth-order valence-corrected chi connectivity index (χ4v) is 9.32. The molecule has 0 saturated carbocycles. The van der Waals surface area contributed by atoms with Crippen LogP contribution in [0.15, 0.2) is 77.7 Å². The number of fused-ring (bicyclic) bond motifs is 3. The van der Waals surface area contributed by atoms with Gasteiger partial charge in [-0.25, -0.2) is 13.4 Å². The molecule has 0 aliphatic carbocycles. The van der Waals surface area contributed by atoms with Crippen molar-refractivity contribution in [2.24, 2.45) is 0 Å². The summed E-state index contributed by atoms with van der Waals surface area (Å²) in [6.07, 6.45) is 2.51. The minimum atomic E-state index is -3.74. The minimum absolute atomic E-state index is 0.175. The molecule has 10 heteroatoms. The fourth-order valence-electron chi connectivity index (χ4n) is 5.46. The van der Waals surface area contributed by atoms with E-state index in [1.54, 1.807) is 34.8 Å². The summed E-state index contributed by atoms with van der Waals surface area (Å²) in [5, 5.41) is 8.22. The van der Waals surface area contributed by atoms with Crippen LogP contribution in [0.25, 0.3) is 20.8 Å². The minimum Gasteiger partial charge on any atom is -0.313 e. The maximum Gasteiger partial charge on any atom is 0.264 e. The van der Waals surface area contributed by atoms with Gasteiger partial charge in [0, 0.05) is 29.1 Å². The van der Waals surface area contributed by atoms with Gasteiger partial charge in [0.1, 0.15) is 10.0 Å². The lowest BCUT2D eigenvalue weighted by atomic mass is 10.0. The van der Waals surface area contributed by atoms with Crippen molar-refractivity contribution in [3.05, 3.63) is 94.4 Å². The molecule has 5 aromatic rings. The summed E-state index contributed by atoms with van der Waals surface area (Å²) in [7, 11) is -3.74. The molecule has 0 unspecified atom stereocenters. The molecule has 2 aromatic heterocycles. The highest BCUT2D eigenvalue weighted by Crippen LogP contribution is 2.45. The molecule has 0 spiro atoms. The molecule has 0 bridgehead atoms. The molecule has 3 aromatic carbocycles. The predicted molar refractivity (Wildman–Crippen MR) is 162 cm³/mol. The first-order chi connectivity index (χ1) is 19.5. The van der Waals surface area contributed by atoms with Crippen LogP contribution in [0.5, 0.6) is 0 Å². The van der Waals surface area contributed by atoms with Crippen LogP contribution >= 0.6 is 22.7 Å². The van der Waals surface area contributed by atoms with Crippen molar-refractivity contribution in [1.29, 1.82) is 0 Å². The van der Waals surface area contributed by atoms with Crippen LogP contribution in [-0.4, -0.2) is 32.4 Å². The van der Waals surface area contributed by atoms with E-state index in [4.69, 9.17) is 4.98 Å². The number of rotatable bonds is 5. The first-order valence-corrected chi connectivity index (χ1v) is 16.3. The van der Waals surface area contributed by atoms with Gasteiger partial charge >= 0.3 is 0 Å².